The third-order valence-corrected chi connectivity index (χ3v) is 3.10. The van der Waals surface area contributed by atoms with Gasteiger partial charge < -0.3 is 10.4 Å². The number of para-hydroxylation sites is 1. The van der Waals surface area contributed by atoms with Crippen molar-refractivity contribution in [1.29, 1.82) is 0 Å². The second kappa shape index (κ2) is 7.07. The highest BCUT2D eigenvalue weighted by atomic mass is 16.3. The molecule has 1 unspecified atom stereocenters. The van der Waals surface area contributed by atoms with E-state index in [1.54, 1.807) is 0 Å². The molecule has 2 N–H and O–H groups in total. The third-order valence-electron chi connectivity index (χ3n) is 3.10. The Balaban J connectivity index is 1.85. The zero-order valence-corrected chi connectivity index (χ0v) is 11.3. The Bertz CT molecular complexity index is 481. The van der Waals surface area contributed by atoms with Crippen molar-refractivity contribution in [1.82, 2.24) is 15.1 Å². The van der Waals surface area contributed by atoms with Gasteiger partial charge in [0.25, 0.3) is 0 Å². The van der Waals surface area contributed by atoms with Crippen molar-refractivity contribution in [3.05, 3.63) is 48.3 Å². The maximum atomic E-state index is 8.84. The van der Waals surface area contributed by atoms with Crippen LogP contribution in [0.15, 0.2) is 42.7 Å². The highest BCUT2D eigenvalue weighted by Crippen LogP contribution is 2.07. The minimum Gasteiger partial charge on any atom is -0.396 e. The Morgan fingerprint density at radius 1 is 1.32 bits per heavy atom. The largest absolute Gasteiger partial charge is 0.396 e. The Morgan fingerprint density at radius 3 is 2.84 bits per heavy atom. The fourth-order valence-electron chi connectivity index (χ4n) is 1.96. The van der Waals surface area contributed by atoms with E-state index in [0.29, 0.717) is 5.92 Å². The second-order valence-electron chi connectivity index (χ2n) is 4.88. The Morgan fingerprint density at radius 2 is 2.11 bits per heavy atom. The molecule has 4 heteroatoms. The fraction of sp³-hybridized carbons (Fsp3) is 0.400. The summed E-state index contributed by atoms with van der Waals surface area (Å²) in [5.41, 5.74) is 2.24. The van der Waals surface area contributed by atoms with Gasteiger partial charge in [0.15, 0.2) is 0 Å². The topological polar surface area (TPSA) is 50.1 Å². The van der Waals surface area contributed by atoms with Gasteiger partial charge in [-0.25, -0.2) is 4.68 Å². The molecule has 4 nitrogen and oxygen atoms in total. The molecular formula is C15H21N3O. The van der Waals surface area contributed by atoms with Crippen LogP contribution < -0.4 is 5.32 Å². The van der Waals surface area contributed by atoms with Crippen LogP contribution in [0.3, 0.4) is 0 Å². The van der Waals surface area contributed by atoms with Gasteiger partial charge in [0, 0.05) is 24.9 Å². The molecule has 0 spiro atoms. The van der Waals surface area contributed by atoms with Gasteiger partial charge in [0.2, 0.25) is 0 Å². The number of nitrogens with zero attached hydrogens (tertiary/aromatic N) is 2. The molecule has 19 heavy (non-hydrogen) atoms. The molecule has 0 saturated carbocycles. The number of hydrogen-bond acceptors (Lipinski definition) is 3. The van der Waals surface area contributed by atoms with E-state index in [0.717, 1.165) is 25.2 Å². The molecule has 102 valence electrons. The average Bonchev–Trinajstić information content (AvgIpc) is 2.89. The van der Waals surface area contributed by atoms with E-state index in [9.17, 15) is 0 Å². The van der Waals surface area contributed by atoms with Gasteiger partial charge in [-0.15, -0.1) is 0 Å². The number of aromatic nitrogens is 2. The first kappa shape index (κ1) is 13.8. The molecule has 1 aromatic heterocycles. The summed E-state index contributed by atoms with van der Waals surface area (Å²) in [6.07, 6.45) is 4.77. The molecule has 2 aromatic rings. The quantitative estimate of drug-likeness (QED) is 0.799. The summed E-state index contributed by atoms with van der Waals surface area (Å²) < 4.78 is 1.88. The van der Waals surface area contributed by atoms with Crippen LogP contribution in [0.4, 0.5) is 0 Å². The van der Waals surface area contributed by atoms with Crippen molar-refractivity contribution in [2.24, 2.45) is 5.92 Å². The van der Waals surface area contributed by atoms with Gasteiger partial charge in [-0.3, -0.25) is 0 Å². The van der Waals surface area contributed by atoms with Crippen molar-refractivity contribution in [3.63, 3.8) is 0 Å². The van der Waals surface area contributed by atoms with E-state index in [1.165, 1.54) is 5.56 Å². The van der Waals surface area contributed by atoms with Crippen LogP contribution in [0.25, 0.3) is 5.69 Å². The molecule has 0 fully saturated rings. The van der Waals surface area contributed by atoms with E-state index in [1.807, 2.05) is 47.4 Å². The van der Waals surface area contributed by atoms with Crippen molar-refractivity contribution in [2.75, 3.05) is 13.2 Å². The van der Waals surface area contributed by atoms with E-state index >= 15 is 0 Å². The van der Waals surface area contributed by atoms with Gasteiger partial charge in [0.1, 0.15) is 0 Å². The molecule has 0 radical (unpaired) electrons. The van der Waals surface area contributed by atoms with Crippen molar-refractivity contribution in [3.8, 4) is 5.69 Å². The van der Waals surface area contributed by atoms with E-state index < -0.39 is 0 Å². The molecule has 0 aliphatic rings. The predicted octanol–water partition coefficient (Wildman–Crippen LogP) is 1.98. The van der Waals surface area contributed by atoms with Crippen molar-refractivity contribution >= 4 is 0 Å². The normalized spacial score (nSPS) is 12.5. The summed E-state index contributed by atoms with van der Waals surface area (Å²) in [5.74, 6) is 0.495. The van der Waals surface area contributed by atoms with Crippen molar-refractivity contribution in [2.45, 2.75) is 19.9 Å². The van der Waals surface area contributed by atoms with Gasteiger partial charge in [-0.05, 0) is 31.0 Å². The van der Waals surface area contributed by atoms with E-state index in [2.05, 4.69) is 17.3 Å². The van der Waals surface area contributed by atoms with E-state index in [4.69, 9.17) is 5.11 Å². The summed E-state index contributed by atoms with van der Waals surface area (Å²) >= 11 is 0. The molecule has 0 bridgehead atoms. The molecule has 0 aliphatic heterocycles. The second-order valence-corrected chi connectivity index (χ2v) is 4.88. The van der Waals surface area contributed by atoms with Crippen LogP contribution in [-0.2, 0) is 6.54 Å². The van der Waals surface area contributed by atoms with Crippen LogP contribution in [0.5, 0.6) is 0 Å². The number of aliphatic hydroxyl groups excluding tert-OH is 1. The fourth-order valence-corrected chi connectivity index (χ4v) is 1.96. The highest BCUT2D eigenvalue weighted by molar-refractivity contribution is 5.30. The predicted molar refractivity (Wildman–Crippen MR) is 76.1 cm³/mol. The molecule has 0 amide bonds. The number of benzene rings is 1. The lowest BCUT2D eigenvalue weighted by Gasteiger charge is -2.09. The lowest BCUT2D eigenvalue weighted by Crippen LogP contribution is -2.21. The monoisotopic (exact) mass is 259 g/mol. The van der Waals surface area contributed by atoms with Crippen LogP contribution in [0.1, 0.15) is 18.9 Å². The highest BCUT2D eigenvalue weighted by Gasteiger charge is 2.03. The minimum atomic E-state index is 0.259. The summed E-state index contributed by atoms with van der Waals surface area (Å²) in [4.78, 5) is 0. The lowest BCUT2D eigenvalue weighted by atomic mass is 10.1. The van der Waals surface area contributed by atoms with Crippen LogP contribution in [0.2, 0.25) is 0 Å². The molecule has 1 atom stereocenters. The Kier molecular flexibility index (Phi) is 5.12. The Hall–Kier alpha value is -1.65. The maximum Gasteiger partial charge on any atom is 0.0645 e. The zero-order valence-electron chi connectivity index (χ0n) is 11.3. The summed E-state index contributed by atoms with van der Waals surface area (Å²) in [7, 11) is 0. The number of rotatable bonds is 7. The molecule has 1 heterocycles. The number of nitrogens with one attached hydrogen (secondary N) is 1. The standard InChI is InChI=1S/C15H21N3O/c1-13(7-8-19)9-16-10-14-11-17-18(12-14)15-5-3-2-4-6-15/h2-6,11-13,16,19H,7-10H2,1H3. The number of aliphatic hydroxyl groups is 1. The van der Waals surface area contributed by atoms with Crippen LogP contribution in [-0.4, -0.2) is 28.0 Å². The zero-order chi connectivity index (χ0) is 13.5. The molecule has 1 aromatic carbocycles. The summed E-state index contributed by atoms with van der Waals surface area (Å²) in [5, 5.41) is 16.6. The number of hydrogen-bond donors (Lipinski definition) is 2. The SMILES string of the molecule is CC(CCO)CNCc1cnn(-c2ccccc2)c1. The average molecular weight is 259 g/mol. The molecule has 0 saturated heterocycles. The van der Waals surface area contributed by atoms with E-state index in [-0.39, 0.29) is 6.61 Å². The molecule has 2 rings (SSSR count). The maximum absolute atomic E-state index is 8.84. The summed E-state index contributed by atoms with van der Waals surface area (Å²) in [6, 6.07) is 10.1. The first-order valence-electron chi connectivity index (χ1n) is 6.70. The van der Waals surface area contributed by atoms with Gasteiger partial charge in [-0.2, -0.15) is 5.10 Å². The van der Waals surface area contributed by atoms with Gasteiger partial charge >= 0.3 is 0 Å². The van der Waals surface area contributed by atoms with Crippen LogP contribution in [0, 0.1) is 5.92 Å². The van der Waals surface area contributed by atoms with Gasteiger partial charge in [-0.1, -0.05) is 25.1 Å². The lowest BCUT2D eigenvalue weighted by molar-refractivity contribution is 0.260. The minimum absolute atomic E-state index is 0.259. The summed E-state index contributed by atoms with van der Waals surface area (Å²) in [6.45, 7) is 4.12. The first-order valence-corrected chi connectivity index (χ1v) is 6.70. The van der Waals surface area contributed by atoms with Crippen molar-refractivity contribution < 1.29 is 5.11 Å². The molecule has 0 aliphatic carbocycles. The smallest absolute Gasteiger partial charge is 0.0645 e. The Labute approximate surface area is 114 Å². The molecular weight excluding hydrogens is 238 g/mol. The first-order chi connectivity index (χ1) is 9.29. The van der Waals surface area contributed by atoms with Gasteiger partial charge in [0.05, 0.1) is 11.9 Å². The van der Waals surface area contributed by atoms with Crippen LogP contribution >= 0.6 is 0 Å². The third kappa shape index (κ3) is 4.19.